The van der Waals surface area contributed by atoms with Crippen LogP contribution in [0.2, 0.25) is 0 Å². The van der Waals surface area contributed by atoms with Gasteiger partial charge < -0.3 is 29.6 Å². The first kappa shape index (κ1) is 28.9. The van der Waals surface area contributed by atoms with Crippen molar-refractivity contribution in [2.24, 2.45) is 11.3 Å². The molecule has 180 valence electrons. The molecule has 0 aliphatic heterocycles. The quantitative estimate of drug-likeness (QED) is 0.260. The third-order valence-electron chi connectivity index (χ3n) is 4.19. The highest BCUT2D eigenvalue weighted by atomic mass is 16.6. The second-order valence-electron chi connectivity index (χ2n) is 8.82. The summed E-state index contributed by atoms with van der Waals surface area (Å²) in [6.45, 7) is 20.7. The Bertz CT molecular complexity index is 562. The van der Waals surface area contributed by atoms with Crippen LogP contribution in [0.4, 0.5) is 9.59 Å². The lowest BCUT2D eigenvalue weighted by molar-refractivity contribution is 0.0813. The number of hydrogen-bond acceptors (Lipinski definition) is 6. The van der Waals surface area contributed by atoms with Crippen molar-refractivity contribution < 1.29 is 28.5 Å². The summed E-state index contributed by atoms with van der Waals surface area (Å²) in [4.78, 5) is 23.4. The van der Waals surface area contributed by atoms with E-state index < -0.39 is 12.2 Å². The van der Waals surface area contributed by atoms with E-state index >= 15 is 0 Å². The Balaban J connectivity index is 3.86. The van der Waals surface area contributed by atoms with Gasteiger partial charge in [0.1, 0.15) is 13.2 Å². The molecule has 0 heterocycles. The van der Waals surface area contributed by atoms with Crippen molar-refractivity contribution in [1.29, 1.82) is 0 Å². The molecule has 8 heteroatoms. The lowest BCUT2D eigenvalue weighted by Crippen LogP contribution is -2.33. The van der Waals surface area contributed by atoms with Crippen LogP contribution in [0.15, 0.2) is 24.3 Å². The van der Waals surface area contributed by atoms with Crippen LogP contribution in [0.1, 0.15) is 47.5 Å². The minimum Gasteiger partial charge on any atom is -0.447 e. The van der Waals surface area contributed by atoms with Gasteiger partial charge in [-0.15, -0.1) is 0 Å². The van der Waals surface area contributed by atoms with Gasteiger partial charge >= 0.3 is 12.2 Å². The molecule has 0 radical (unpaired) electrons. The molecular weight excluding hydrogens is 400 g/mol. The highest BCUT2D eigenvalue weighted by molar-refractivity contribution is 5.67. The maximum absolute atomic E-state index is 11.7. The lowest BCUT2D eigenvalue weighted by Gasteiger charge is -2.28. The summed E-state index contributed by atoms with van der Waals surface area (Å²) in [5.41, 5.74) is 1.85. The number of carbonyl (C=O) groups is 2. The van der Waals surface area contributed by atoms with Gasteiger partial charge in [-0.2, -0.15) is 0 Å². The molecule has 0 fully saturated rings. The number of carbonyl (C=O) groups excluding carboxylic acids is 2. The number of hydrogen-bond donors (Lipinski definition) is 2. The summed E-state index contributed by atoms with van der Waals surface area (Å²) in [6.07, 6.45) is 0.795. The molecule has 31 heavy (non-hydrogen) atoms. The van der Waals surface area contributed by atoms with Crippen molar-refractivity contribution in [3.05, 3.63) is 24.3 Å². The van der Waals surface area contributed by atoms with Crippen LogP contribution in [0.5, 0.6) is 0 Å². The van der Waals surface area contributed by atoms with Crippen LogP contribution < -0.4 is 10.6 Å². The fourth-order valence-electron chi connectivity index (χ4n) is 2.86. The van der Waals surface area contributed by atoms with Gasteiger partial charge in [-0.25, -0.2) is 9.59 Å². The van der Waals surface area contributed by atoms with Gasteiger partial charge in [0, 0.05) is 13.1 Å². The molecule has 0 saturated heterocycles. The molecule has 0 bridgehead atoms. The van der Waals surface area contributed by atoms with Crippen LogP contribution in [0.25, 0.3) is 0 Å². The van der Waals surface area contributed by atoms with E-state index in [1.165, 1.54) is 0 Å². The Morgan fingerprint density at radius 2 is 1.35 bits per heavy atom. The van der Waals surface area contributed by atoms with Crippen LogP contribution in [0, 0.1) is 11.3 Å². The van der Waals surface area contributed by atoms with Gasteiger partial charge in [-0.1, -0.05) is 45.1 Å². The predicted molar refractivity (Wildman–Crippen MR) is 122 cm³/mol. The standard InChI is InChI=1S/C23H42N2O6/c1-18(2)16-28-10-12-30-21(26)24-9-8-23(6,7)14-20(5)15-25-22(27)31-13-11-29-17-19(3)4/h20H,1,3,8-17H2,2,4-7H3,(H,24,26)(H,25,27). The third kappa shape index (κ3) is 19.6. The zero-order valence-electron chi connectivity index (χ0n) is 20.0. The van der Waals surface area contributed by atoms with E-state index in [1.807, 2.05) is 13.8 Å². The molecule has 0 rings (SSSR count). The number of amides is 2. The zero-order chi connectivity index (χ0) is 23.7. The Morgan fingerprint density at radius 3 is 1.84 bits per heavy atom. The highest BCUT2D eigenvalue weighted by Crippen LogP contribution is 2.28. The van der Waals surface area contributed by atoms with Gasteiger partial charge in [0.2, 0.25) is 0 Å². The van der Waals surface area contributed by atoms with E-state index in [2.05, 4.69) is 44.6 Å². The molecule has 0 aliphatic carbocycles. The first-order valence-corrected chi connectivity index (χ1v) is 10.8. The molecule has 8 nitrogen and oxygen atoms in total. The number of rotatable bonds is 17. The second kappa shape index (κ2) is 16.6. The number of alkyl carbamates (subject to hydrolysis) is 2. The zero-order valence-corrected chi connectivity index (χ0v) is 20.0. The summed E-state index contributed by atoms with van der Waals surface area (Å²) in [7, 11) is 0. The van der Waals surface area contributed by atoms with Crippen molar-refractivity contribution >= 4 is 12.2 Å². The third-order valence-corrected chi connectivity index (χ3v) is 4.19. The molecule has 0 saturated carbocycles. The summed E-state index contributed by atoms with van der Waals surface area (Å²) in [6, 6.07) is 0. The van der Waals surface area contributed by atoms with Gasteiger partial charge in [0.25, 0.3) is 0 Å². The Morgan fingerprint density at radius 1 is 0.871 bits per heavy atom. The van der Waals surface area contributed by atoms with Crippen molar-refractivity contribution in [2.75, 3.05) is 52.7 Å². The van der Waals surface area contributed by atoms with Crippen LogP contribution in [-0.2, 0) is 18.9 Å². The van der Waals surface area contributed by atoms with Crippen molar-refractivity contribution in [3.8, 4) is 0 Å². The van der Waals surface area contributed by atoms with E-state index in [-0.39, 0.29) is 24.5 Å². The minimum absolute atomic E-state index is 0.000726. The molecule has 0 aromatic carbocycles. The average Bonchev–Trinajstić information content (AvgIpc) is 2.64. The lowest BCUT2D eigenvalue weighted by atomic mass is 9.80. The fourth-order valence-corrected chi connectivity index (χ4v) is 2.86. The van der Waals surface area contributed by atoms with Gasteiger partial charge in [-0.3, -0.25) is 0 Å². The van der Waals surface area contributed by atoms with Gasteiger partial charge in [-0.05, 0) is 38.0 Å². The molecule has 0 spiro atoms. The maximum Gasteiger partial charge on any atom is 0.407 e. The average molecular weight is 443 g/mol. The normalized spacial score (nSPS) is 12.0. The summed E-state index contributed by atoms with van der Waals surface area (Å²) in [5.74, 6) is 0.264. The Kier molecular flexibility index (Phi) is 15.5. The number of ether oxygens (including phenoxy) is 4. The second-order valence-corrected chi connectivity index (χ2v) is 8.82. The number of nitrogens with one attached hydrogen (secondary N) is 2. The summed E-state index contributed by atoms with van der Waals surface area (Å²) in [5, 5.41) is 5.54. The SMILES string of the molecule is C=C(C)COCCOC(=O)NCCC(C)(C)CC(C)CNC(=O)OCCOCC(=C)C. The van der Waals surface area contributed by atoms with Crippen LogP contribution in [-0.4, -0.2) is 64.9 Å². The monoisotopic (exact) mass is 442 g/mol. The molecule has 2 amide bonds. The van der Waals surface area contributed by atoms with E-state index in [1.54, 1.807) is 0 Å². The van der Waals surface area contributed by atoms with E-state index in [0.717, 1.165) is 24.0 Å². The predicted octanol–water partition coefficient (Wildman–Crippen LogP) is 4.07. The van der Waals surface area contributed by atoms with Crippen molar-refractivity contribution in [3.63, 3.8) is 0 Å². The van der Waals surface area contributed by atoms with E-state index in [0.29, 0.717) is 39.5 Å². The summed E-state index contributed by atoms with van der Waals surface area (Å²) >= 11 is 0. The van der Waals surface area contributed by atoms with Crippen molar-refractivity contribution in [2.45, 2.75) is 47.5 Å². The van der Waals surface area contributed by atoms with Gasteiger partial charge in [0.15, 0.2) is 0 Å². The molecule has 0 aromatic rings. The van der Waals surface area contributed by atoms with E-state index in [4.69, 9.17) is 18.9 Å². The van der Waals surface area contributed by atoms with Gasteiger partial charge in [0.05, 0.1) is 26.4 Å². The molecule has 1 atom stereocenters. The Labute approximate surface area is 187 Å². The summed E-state index contributed by atoms with van der Waals surface area (Å²) < 4.78 is 20.7. The molecule has 2 N–H and O–H groups in total. The fraction of sp³-hybridized carbons (Fsp3) is 0.739. The molecule has 0 aliphatic rings. The minimum atomic E-state index is -0.445. The maximum atomic E-state index is 11.7. The first-order valence-electron chi connectivity index (χ1n) is 10.8. The topological polar surface area (TPSA) is 95.1 Å². The largest absolute Gasteiger partial charge is 0.447 e. The molecule has 0 aromatic heterocycles. The Hall–Kier alpha value is -2.06. The van der Waals surface area contributed by atoms with Crippen molar-refractivity contribution in [1.82, 2.24) is 10.6 Å². The van der Waals surface area contributed by atoms with E-state index in [9.17, 15) is 9.59 Å². The smallest absolute Gasteiger partial charge is 0.407 e. The van der Waals surface area contributed by atoms with Crippen LogP contribution >= 0.6 is 0 Å². The molecule has 1 unspecified atom stereocenters. The van der Waals surface area contributed by atoms with Crippen LogP contribution in [0.3, 0.4) is 0 Å². The molecular formula is C23H42N2O6. The first-order chi connectivity index (χ1) is 14.5. The highest BCUT2D eigenvalue weighted by Gasteiger charge is 2.21.